The van der Waals surface area contributed by atoms with E-state index >= 15 is 0 Å². The molecular formula is C22H27N3O3S. The van der Waals surface area contributed by atoms with E-state index in [1.165, 1.54) is 5.56 Å². The number of benzene rings is 2. The summed E-state index contributed by atoms with van der Waals surface area (Å²) in [4.78, 5) is 12.5. The molecule has 1 aliphatic heterocycles. The van der Waals surface area contributed by atoms with Crippen molar-refractivity contribution in [1.82, 2.24) is 9.73 Å². The van der Waals surface area contributed by atoms with Crippen molar-refractivity contribution in [2.75, 3.05) is 13.1 Å². The standard InChI is InChI=1S/C22H27N3O3S/c1-3-18-7-9-20(10-8-18)22(26)24-23-17(2)19-11-13-21(14-12-19)29(27,28)25-15-5-4-6-16-25/h7-14H,3-6,15-16H2,1-2H3,(H,24,26)/b23-17-. The maximum atomic E-state index is 12.7. The van der Waals surface area contributed by atoms with Crippen LogP contribution in [-0.4, -0.2) is 37.4 Å². The van der Waals surface area contributed by atoms with Crippen LogP contribution in [0, 0.1) is 0 Å². The molecule has 1 amide bonds. The highest BCUT2D eigenvalue weighted by Gasteiger charge is 2.25. The molecule has 1 saturated heterocycles. The Labute approximate surface area is 172 Å². The molecule has 0 aromatic heterocycles. The molecule has 0 unspecified atom stereocenters. The molecule has 3 rings (SSSR count). The van der Waals surface area contributed by atoms with Crippen LogP contribution in [-0.2, 0) is 16.4 Å². The van der Waals surface area contributed by atoms with Gasteiger partial charge >= 0.3 is 0 Å². The fraction of sp³-hybridized carbons (Fsp3) is 0.364. The SMILES string of the molecule is CCc1ccc(C(=O)N/N=C(/C)c2ccc(S(=O)(=O)N3CCCCC3)cc2)cc1. The Kier molecular flexibility index (Phi) is 6.82. The monoisotopic (exact) mass is 413 g/mol. The Morgan fingerprint density at radius 2 is 1.55 bits per heavy atom. The van der Waals surface area contributed by atoms with Crippen molar-refractivity contribution >= 4 is 21.6 Å². The van der Waals surface area contributed by atoms with Crippen LogP contribution in [0.4, 0.5) is 0 Å². The van der Waals surface area contributed by atoms with Crippen molar-refractivity contribution in [3.8, 4) is 0 Å². The average molecular weight is 414 g/mol. The number of amides is 1. The minimum atomic E-state index is -3.45. The van der Waals surface area contributed by atoms with E-state index in [-0.39, 0.29) is 10.8 Å². The molecule has 0 bridgehead atoms. The number of carbonyl (C=O) groups is 1. The number of carbonyl (C=O) groups excluding carboxylic acids is 1. The number of piperidine rings is 1. The van der Waals surface area contributed by atoms with Crippen LogP contribution in [0.2, 0.25) is 0 Å². The molecule has 0 atom stereocenters. The van der Waals surface area contributed by atoms with Gasteiger partial charge in [-0.3, -0.25) is 4.79 Å². The van der Waals surface area contributed by atoms with Gasteiger partial charge in [0.1, 0.15) is 0 Å². The third-order valence-corrected chi connectivity index (χ3v) is 7.09. The van der Waals surface area contributed by atoms with E-state index in [2.05, 4.69) is 17.5 Å². The van der Waals surface area contributed by atoms with Crippen molar-refractivity contribution in [2.24, 2.45) is 5.10 Å². The summed E-state index contributed by atoms with van der Waals surface area (Å²) in [5.74, 6) is -0.281. The van der Waals surface area contributed by atoms with Gasteiger partial charge in [0.15, 0.2) is 0 Å². The van der Waals surface area contributed by atoms with Crippen molar-refractivity contribution in [2.45, 2.75) is 44.4 Å². The van der Waals surface area contributed by atoms with E-state index in [4.69, 9.17) is 0 Å². The lowest BCUT2D eigenvalue weighted by atomic mass is 10.1. The normalized spacial score (nSPS) is 15.9. The first kappa shape index (κ1) is 21.2. The summed E-state index contributed by atoms with van der Waals surface area (Å²) < 4.78 is 27.0. The first-order valence-corrected chi connectivity index (χ1v) is 11.4. The second-order valence-electron chi connectivity index (χ2n) is 7.18. The van der Waals surface area contributed by atoms with Crippen LogP contribution in [0.3, 0.4) is 0 Å². The summed E-state index contributed by atoms with van der Waals surface area (Å²) in [6, 6.07) is 14.0. The summed E-state index contributed by atoms with van der Waals surface area (Å²) >= 11 is 0. The van der Waals surface area contributed by atoms with Crippen molar-refractivity contribution in [3.63, 3.8) is 0 Å². The van der Waals surface area contributed by atoms with Gasteiger partial charge in [-0.15, -0.1) is 0 Å². The molecule has 1 N–H and O–H groups in total. The quantitative estimate of drug-likeness (QED) is 0.581. The number of nitrogens with one attached hydrogen (secondary N) is 1. The molecule has 2 aromatic rings. The Bertz CT molecular complexity index is 975. The minimum Gasteiger partial charge on any atom is -0.267 e. The highest BCUT2D eigenvalue weighted by atomic mass is 32.2. The Balaban J connectivity index is 1.67. The third kappa shape index (κ3) is 5.10. The molecule has 2 aromatic carbocycles. The smallest absolute Gasteiger partial charge is 0.267 e. The second kappa shape index (κ2) is 9.33. The van der Waals surface area contributed by atoms with Gasteiger partial charge in [0.2, 0.25) is 10.0 Å². The molecule has 0 aliphatic carbocycles. The number of rotatable bonds is 6. The lowest BCUT2D eigenvalue weighted by molar-refractivity contribution is 0.0955. The van der Waals surface area contributed by atoms with Crippen LogP contribution in [0.1, 0.15) is 54.6 Å². The van der Waals surface area contributed by atoms with E-state index in [0.717, 1.165) is 31.2 Å². The predicted molar refractivity (Wildman–Crippen MR) is 115 cm³/mol. The molecule has 6 nitrogen and oxygen atoms in total. The first-order chi connectivity index (χ1) is 13.9. The number of hydrazone groups is 1. The fourth-order valence-electron chi connectivity index (χ4n) is 3.28. The Morgan fingerprint density at radius 1 is 0.966 bits per heavy atom. The van der Waals surface area contributed by atoms with Gasteiger partial charge in [-0.2, -0.15) is 9.41 Å². The van der Waals surface area contributed by atoms with E-state index in [1.54, 1.807) is 47.6 Å². The highest BCUT2D eigenvalue weighted by Crippen LogP contribution is 2.21. The maximum absolute atomic E-state index is 12.7. The Morgan fingerprint density at radius 3 is 2.14 bits per heavy atom. The summed E-state index contributed by atoms with van der Waals surface area (Å²) in [5, 5.41) is 4.15. The highest BCUT2D eigenvalue weighted by molar-refractivity contribution is 7.89. The zero-order valence-corrected chi connectivity index (χ0v) is 17.7. The lowest BCUT2D eigenvalue weighted by Crippen LogP contribution is -2.35. The molecule has 0 saturated carbocycles. The summed E-state index contributed by atoms with van der Waals surface area (Å²) in [6.45, 7) is 4.99. The van der Waals surface area contributed by atoms with Crippen LogP contribution in [0.15, 0.2) is 58.5 Å². The van der Waals surface area contributed by atoms with Gasteiger partial charge in [0.05, 0.1) is 10.6 Å². The lowest BCUT2D eigenvalue weighted by Gasteiger charge is -2.25. The van der Waals surface area contributed by atoms with Crippen LogP contribution >= 0.6 is 0 Å². The molecule has 0 spiro atoms. The first-order valence-electron chi connectivity index (χ1n) is 9.96. The Hall–Kier alpha value is -2.51. The van der Waals surface area contributed by atoms with Crippen LogP contribution < -0.4 is 5.43 Å². The van der Waals surface area contributed by atoms with Crippen LogP contribution in [0.5, 0.6) is 0 Å². The van der Waals surface area contributed by atoms with E-state index in [1.807, 2.05) is 12.1 Å². The number of hydrogen-bond donors (Lipinski definition) is 1. The van der Waals surface area contributed by atoms with Gasteiger partial charge in [-0.25, -0.2) is 13.8 Å². The summed E-state index contributed by atoms with van der Waals surface area (Å²) in [5.41, 5.74) is 5.62. The van der Waals surface area contributed by atoms with Gasteiger partial charge < -0.3 is 0 Å². The van der Waals surface area contributed by atoms with Gasteiger partial charge in [0.25, 0.3) is 5.91 Å². The maximum Gasteiger partial charge on any atom is 0.271 e. The van der Waals surface area contributed by atoms with Gasteiger partial charge in [0, 0.05) is 18.7 Å². The molecule has 29 heavy (non-hydrogen) atoms. The van der Waals surface area contributed by atoms with E-state index in [9.17, 15) is 13.2 Å². The number of hydrogen-bond acceptors (Lipinski definition) is 4. The molecular weight excluding hydrogens is 386 g/mol. The average Bonchev–Trinajstić information content (AvgIpc) is 2.78. The van der Waals surface area contributed by atoms with Crippen molar-refractivity contribution in [3.05, 3.63) is 65.2 Å². The minimum absolute atomic E-state index is 0.281. The molecule has 1 aliphatic rings. The summed E-state index contributed by atoms with van der Waals surface area (Å²) in [6.07, 6.45) is 3.81. The number of nitrogens with zero attached hydrogens (tertiary/aromatic N) is 2. The zero-order valence-electron chi connectivity index (χ0n) is 16.9. The van der Waals surface area contributed by atoms with Gasteiger partial charge in [-0.1, -0.05) is 37.6 Å². The third-order valence-electron chi connectivity index (χ3n) is 5.17. The van der Waals surface area contributed by atoms with Gasteiger partial charge in [-0.05, 0) is 61.6 Å². The second-order valence-corrected chi connectivity index (χ2v) is 9.12. The van der Waals surface area contributed by atoms with Crippen molar-refractivity contribution in [1.29, 1.82) is 0 Å². The summed E-state index contributed by atoms with van der Waals surface area (Å²) in [7, 11) is -3.45. The zero-order chi connectivity index (χ0) is 20.9. The van der Waals surface area contributed by atoms with Crippen LogP contribution in [0.25, 0.3) is 0 Å². The number of aryl methyl sites for hydroxylation is 1. The molecule has 154 valence electrons. The molecule has 1 fully saturated rings. The molecule has 0 radical (unpaired) electrons. The predicted octanol–water partition coefficient (Wildman–Crippen LogP) is 3.58. The van der Waals surface area contributed by atoms with E-state index in [0.29, 0.717) is 24.4 Å². The molecule has 1 heterocycles. The van der Waals surface area contributed by atoms with Crippen molar-refractivity contribution < 1.29 is 13.2 Å². The van der Waals surface area contributed by atoms with E-state index < -0.39 is 10.0 Å². The largest absolute Gasteiger partial charge is 0.271 e. The molecule has 7 heteroatoms. The fourth-order valence-corrected chi connectivity index (χ4v) is 4.80. The number of sulfonamides is 1. The topological polar surface area (TPSA) is 78.8 Å².